The molecule has 6 heteroatoms. The minimum Gasteiger partial charge on any atom is -0.484 e. The zero-order chi connectivity index (χ0) is 15.8. The van der Waals surface area contributed by atoms with Gasteiger partial charge in [0, 0.05) is 32.4 Å². The van der Waals surface area contributed by atoms with Crippen LogP contribution in [0.5, 0.6) is 5.75 Å². The van der Waals surface area contributed by atoms with E-state index in [1.165, 1.54) is 9.80 Å². The van der Waals surface area contributed by atoms with Crippen molar-refractivity contribution in [2.45, 2.75) is 13.3 Å². The fraction of sp³-hybridized carbons (Fsp3) is 0.467. The van der Waals surface area contributed by atoms with Crippen LogP contribution in [-0.4, -0.2) is 55.4 Å². The van der Waals surface area contributed by atoms with Crippen molar-refractivity contribution < 1.29 is 14.3 Å². The lowest BCUT2D eigenvalue weighted by molar-refractivity contribution is -0.140. The van der Waals surface area contributed by atoms with Gasteiger partial charge in [0.05, 0.1) is 6.54 Å². The molecule has 0 fully saturated rings. The van der Waals surface area contributed by atoms with Gasteiger partial charge in [-0.05, 0) is 18.6 Å². The summed E-state index contributed by atoms with van der Waals surface area (Å²) in [5.74, 6) is 0.217. The number of carbonyl (C=O) groups is 2. The summed E-state index contributed by atoms with van der Waals surface area (Å²) in [4.78, 5) is 26.9. The van der Waals surface area contributed by atoms with Gasteiger partial charge in [0.15, 0.2) is 6.61 Å². The number of hydrogen-bond donors (Lipinski definition) is 1. The highest BCUT2D eigenvalue weighted by atomic mass is 16.5. The molecule has 0 aromatic heterocycles. The van der Waals surface area contributed by atoms with Crippen LogP contribution in [0, 0.1) is 0 Å². The summed E-state index contributed by atoms with van der Waals surface area (Å²) in [5.41, 5.74) is 6.22. The Labute approximate surface area is 125 Å². The molecule has 2 amide bonds. The van der Waals surface area contributed by atoms with E-state index in [4.69, 9.17) is 10.5 Å². The summed E-state index contributed by atoms with van der Waals surface area (Å²) in [6, 6.07) is 6.89. The number of nitrogens with zero attached hydrogens (tertiary/aromatic N) is 2. The van der Waals surface area contributed by atoms with Crippen LogP contribution in [0.1, 0.15) is 13.3 Å². The maximum atomic E-state index is 12.1. The number of rotatable bonds is 7. The maximum Gasteiger partial charge on any atom is 0.260 e. The summed E-state index contributed by atoms with van der Waals surface area (Å²) < 4.78 is 5.42. The molecule has 0 aliphatic heterocycles. The van der Waals surface area contributed by atoms with E-state index in [0.29, 0.717) is 18.0 Å². The van der Waals surface area contributed by atoms with E-state index in [1.807, 2.05) is 6.92 Å². The number of nitrogens with two attached hydrogens (primary N) is 1. The first-order chi connectivity index (χ1) is 9.93. The monoisotopic (exact) mass is 293 g/mol. The quantitative estimate of drug-likeness (QED) is 0.760. The fourth-order valence-electron chi connectivity index (χ4n) is 1.71. The highest BCUT2D eigenvalue weighted by Crippen LogP contribution is 2.14. The van der Waals surface area contributed by atoms with Gasteiger partial charge in [-0.2, -0.15) is 0 Å². The van der Waals surface area contributed by atoms with Gasteiger partial charge in [-0.3, -0.25) is 9.59 Å². The predicted molar refractivity (Wildman–Crippen MR) is 81.9 cm³/mol. The number of likely N-dealkylation sites (N-methyl/N-ethyl adjacent to an activating group) is 1. The number of anilines is 1. The molecule has 21 heavy (non-hydrogen) atoms. The molecule has 116 valence electrons. The van der Waals surface area contributed by atoms with Crippen molar-refractivity contribution in [3.8, 4) is 5.75 Å². The molecule has 1 aromatic rings. The largest absolute Gasteiger partial charge is 0.484 e. The number of hydrogen-bond acceptors (Lipinski definition) is 4. The Balaban J connectivity index is 2.58. The number of ether oxygens (including phenoxy) is 1. The predicted octanol–water partition coefficient (Wildman–Crippen LogP) is 0.974. The van der Waals surface area contributed by atoms with Crippen molar-refractivity contribution in [1.29, 1.82) is 0 Å². The topological polar surface area (TPSA) is 75.9 Å². The molecule has 0 aliphatic rings. The zero-order valence-corrected chi connectivity index (χ0v) is 12.8. The van der Waals surface area contributed by atoms with Crippen LogP contribution >= 0.6 is 0 Å². The highest BCUT2D eigenvalue weighted by molar-refractivity contribution is 5.85. The van der Waals surface area contributed by atoms with Gasteiger partial charge >= 0.3 is 0 Å². The molecule has 6 nitrogen and oxygen atoms in total. The minimum absolute atomic E-state index is 0.0694. The molecule has 2 N–H and O–H groups in total. The standard InChI is InChI=1S/C15H23N3O3/c1-4-8-18(10-14(19)17(2)3)15(20)11-21-13-7-5-6-12(16)9-13/h5-7,9H,4,8,10-11,16H2,1-3H3. The van der Waals surface area contributed by atoms with Gasteiger partial charge in [0.1, 0.15) is 5.75 Å². The van der Waals surface area contributed by atoms with Gasteiger partial charge in [-0.15, -0.1) is 0 Å². The van der Waals surface area contributed by atoms with Gasteiger partial charge in [-0.25, -0.2) is 0 Å². The van der Waals surface area contributed by atoms with Crippen molar-refractivity contribution in [3.63, 3.8) is 0 Å². The normalized spacial score (nSPS) is 10.0. The zero-order valence-electron chi connectivity index (χ0n) is 12.8. The van der Waals surface area contributed by atoms with Crippen molar-refractivity contribution in [2.75, 3.05) is 39.5 Å². The molecule has 0 saturated heterocycles. The molecule has 0 radical (unpaired) electrons. The highest BCUT2D eigenvalue weighted by Gasteiger charge is 2.17. The molecule has 1 rings (SSSR count). The van der Waals surface area contributed by atoms with Gasteiger partial charge in [0.2, 0.25) is 5.91 Å². The van der Waals surface area contributed by atoms with Crippen LogP contribution in [0.4, 0.5) is 5.69 Å². The lowest BCUT2D eigenvalue weighted by atomic mass is 10.3. The number of carbonyl (C=O) groups excluding carboxylic acids is 2. The van der Waals surface area contributed by atoms with Crippen molar-refractivity contribution in [1.82, 2.24) is 9.80 Å². The van der Waals surface area contributed by atoms with Gasteiger partial charge < -0.3 is 20.3 Å². The molecule has 0 atom stereocenters. The maximum absolute atomic E-state index is 12.1. The van der Waals surface area contributed by atoms with Crippen LogP contribution in [0.2, 0.25) is 0 Å². The van der Waals surface area contributed by atoms with Gasteiger partial charge in [0.25, 0.3) is 5.91 Å². The Kier molecular flexibility index (Phi) is 6.52. The third-order valence-electron chi connectivity index (χ3n) is 2.89. The van der Waals surface area contributed by atoms with Crippen LogP contribution < -0.4 is 10.5 Å². The van der Waals surface area contributed by atoms with Gasteiger partial charge in [-0.1, -0.05) is 13.0 Å². The molecule has 0 bridgehead atoms. The Morgan fingerprint density at radius 2 is 1.95 bits per heavy atom. The van der Waals surface area contributed by atoms with E-state index in [2.05, 4.69) is 0 Å². The smallest absolute Gasteiger partial charge is 0.260 e. The van der Waals surface area contributed by atoms with Crippen molar-refractivity contribution >= 4 is 17.5 Å². The van der Waals surface area contributed by atoms with Crippen LogP contribution in [0.3, 0.4) is 0 Å². The molecule has 0 saturated carbocycles. The molecule has 1 aromatic carbocycles. The first-order valence-electron chi connectivity index (χ1n) is 6.90. The molecule has 0 unspecified atom stereocenters. The summed E-state index contributed by atoms with van der Waals surface area (Å²) >= 11 is 0. The SMILES string of the molecule is CCCN(CC(=O)N(C)C)C(=O)COc1cccc(N)c1. The van der Waals surface area contributed by atoms with Crippen LogP contribution in [0.25, 0.3) is 0 Å². The van der Waals surface area contributed by atoms with E-state index in [0.717, 1.165) is 6.42 Å². The van der Waals surface area contributed by atoms with Crippen molar-refractivity contribution in [2.24, 2.45) is 0 Å². The molecular formula is C15H23N3O3. The Bertz CT molecular complexity index is 489. The third kappa shape index (κ3) is 5.72. The number of benzene rings is 1. The lowest BCUT2D eigenvalue weighted by Gasteiger charge is -2.23. The fourth-order valence-corrected chi connectivity index (χ4v) is 1.71. The third-order valence-corrected chi connectivity index (χ3v) is 2.89. The summed E-state index contributed by atoms with van der Waals surface area (Å²) in [7, 11) is 3.33. The number of nitrogen functional groups attached to an aromatic ring is 1. The molecular weight excluding hydrogens is 270 g/mol. The summed E-state index contributed by atoms with van der Waals surface area (Å²) in [5, 5.41) is 0. The Morgan fingerprint density at radius 3 is 2.52 bits per heavy atom. The summed E-state index contributed by atoms with van der Waals surface area (Å²) in [6.07, 6.45) is 0.782. The van der Waals surface area contributed by atoms with E-state index in [1.54, 1.807) is 38.4 Å². The molecule has 0 spiro atoms. The van der Waals surface area contributed by atoms with E-state index in [9.17, 15) is 9.59 Å². The van der Waals surface area contributed by atoms with Crippen molar-refractivity contribution in [3.05, 3.63) is 24.3 Å². The van der Waals surface area contributed by atoms with E-state index >= 15 is 0 Å². The van der Waals surface area contributed by atoms with Crippen LogP contribution in [-0.2, 0) is 9.59 Å². The van der Waals surface area contributed by atoms with E-state index in [-0.39, 0.29) is 25.0 Å². The second-order valence-electron chi connectivity index (χ2n) is 4.96. The second kappa shape index (κ2) is 8.14. The number of amides is 2. The Morgan fingerprint density at radius 1 is 1.24 bits per heavy atom. The Hall–Kier alpha value is -2.24. The first-order valence-corrected chi connectivity index (χ1v) is 6.90. The second-order valence-corrected chi connectivity index (χ2v) is 4.96. The molecule has 0 aliphatic carbocycles. The van der Waals surface area contributed by atoms with E-state index < -0.39 is 0 Å². The van der Waals surface area contributed by atoms with Crippen LogP contribution in [0.15, 0.2) is 24.3 Å². The summed E-state index contributed by atoms with van der Waals surface area (Å²) in [6.45, 7) is 2.45. The molecule has 0 heterocycles. The average molecular weight is 293 g/mol. The lowest BCUT2D eigenvalue weighted by Crippen LogP contribution is -2.42. The minimum atomic E-state index is -0.213. The average Bonchev–Trinajstić information content (AvgIpc) is 2.44. The first kappa shape index (κ1) is 16.8.